The van der Waals surface area contributed by atoms with Crippen LogP contribution in [0.1, 0.15) is 39.5 Å². The minimum atomic E-state index is -4.70. The normalized spacial score (nSPS) is 23.1. The Kier molecular flexibility index (Phi) is 5.64. The first-order chi connectivity index (χ1) is 12.1. The molecule has 0 spiro atoms. The van der Waals surface area contributed by atoms with Crippen molar-refractivity contribution in [2.24, 2.45) is 5.41 Å². The molecule has 1 atom stereocenters. The number of rotatable bonds is 2. The zero-order chi connectivity index (χ0) is 19.5. The largest absolute Gasteiger partial charge is 0.522 e. The summed E-state index contributed by atoms with van der Waals surface area (Å²) in [7, 11) is 0. The van der Waals surface area contributed by atoms with Crippen molar-refractivity contribution in [1.82, 2.24) is 4.90 Å². The van der Waals surface area contributed by atoms with E-state index in [0.29, 0.717) is 43.5 Å². The molecule has 1 unspecified atom stereocenters. The van der Waals surface area contributed by atoms with Gasteiger partial charge in [-0.2, -0.15) is 15.8 Å². The van der Waals surface area contributed by atoms with Crippen LogP contribution in [0.15, 0.2) is 22.4 Å². The fourth-order valence-corrected chi connectivity index (χ4v) is 3.59. The van der Waals surface area contributed by atoms with Gasteiger partial charge in [0.15, 0.2) is 0 Å². The summed E-state index contributed by atoms with van der Waals surface area (Å²) in [4.78, 5) is 1.74. The minimum Gasteiger partial charge on any atom is -0.371 e. The Morgan fingerprint density at radius 1 is 1.19 bits per heavy atom. The van der Waals surface area contributed by atoms with Crippen LogP contribution in [0, 0.1) is 39.4 Å². The number of hydrogen-bond acceptors (Lipinski definition) is 5. The first-order valence-electron chi connectivity index (χ1n) is 8.26. The van der Waals surface area contributed by atoms with Gasteiger partial charge in [-0.3, -0.25) is 4.74 Å². The van der Waals surface area contributed by atoms with Crippen molar-refractivity contribution in [1.29, 1.82) is 15.8 Å². The number of hydrogen-bond donors (Lipinski definition) is 0. The maximum Gasteiger partial charge on any atom is 0.522 e. The molecule has 0 aromatic heterocycles. The van der Waals surface area contributed by atoms with Crippen LogP contribution in [-0.2, 0) is 4.74 Å². The fraction of sp³-hybridized carbons (Fsp3) is 0.611. The number of halogens is 3. The highest BCUT2D eigenvalue weighted by Crippen LogP contribution is 2.44. The SMILES string of the molecule is CC1(C)CC(=C(C#N)C#N)C(C#N)=C(N2CCCC(OC(F)(F)F)C2)C1. The molecule has 0 aromatic rings. The molecule has 1 saturated heterocycles. The van der Waals surface area contributed by atoms with E-state index in [0.717, 1.165) is 0 Å². The molecule has 8 heteroatoms. The molecule has 1 aliphatic heterocycles. The fourth-order valence-electron chi connectivity index (χ4n) is 3.59. The maximum atomic E-state index is 12.6. The number of piperidine rings is 1. The van der Waals surface area contributed by atoms with Crippen LogP contribution in [0.25, 0.3) is 0 Å². The van der Waals surface area contributed by atoms with Gasteiger partial charge in [-0.1, -0.05) is 13.8 Å². The Balaban J connectivity index is 2.44. The predicted octanol–water partition coefficient (Wildman–Crippen LogP) is 3.93. The lowest BCUT2D eigenvalue weighted by molar-refractivity contribution is -0.345. The monoisotopic (exact) mass is 364 g/mol. The van der Waals surface area contributed by atoms with E-state index in [-0.39, 0.29) is 23.1 Å². The smallest absolute Gasteiger partial charge is 0.371 e. The molecule has 0 N–H and O–H groups in total. The van der Waals surface area contributed by atoms with Crippen LogP contribution in [0.3, 0.4) is 0 Å². The highest BCUT2D eigenvalue weighted by atomic mass is 19.4. The number of nitriles is 3. The summed E-state index contributed by atoms with van der Waals surface area (Å²) in [6, 6.07) is 5.72. The molecule has 0 bridgehead atoms. The number of ether oxygens (including phenoxy) is 1. The zero-order valence-electron chi connectivity index (χ0n) is 14.7. The first kappa shape index (κ1) is 19.8. The summed E-state index contributed by atoms with van der Waals surface area (Å²) in [5, 5.41) is 28.0. The number of nitrogens with zero attached hydrogens (tertiary/aromatic N) is 4. The predicted molar refractivity (Wildman–Crippen MR) is 85.6 cm³/mol. The van der Waals surface area contributed by atoms with E-state index >= 15 is 0 Å². The second-order valence-corrected chi connectivity index (χ2v) is 7.30. The minimum absolute atomic E-state index is 0.0256. The van der Waals surface area contributed by atoms with Crippen molar-refractivity contribution < 1.29 is 17.9 Å². The number of allylic oxidation sites excluding steroid dienone is 4. The average molecular weight is 364 g/mol. The van der Waals surface area contributed by atoms with E-state index in [1.165, 1.54) is 0 Å². The van der Waals surface area contributed by atoms with Crippen LogP contribution in [0.5, 0.6) is 0 Å². The highest BCUT2D eigenvalue weighted by Gasteiger charge is 2.39. The third kappa shape index (κ3) is 4.56. The van der Waals surface area contributed by atoms with Crippen LogP contribution >= 0.6 is 0 Å². The second-order valence-electron chi connectivity index (χ2n) is 7.30. The molecule has 5 nitrogen and oxygen atoms in total. The van der Waals surface area contributed by atoms with Crippen LogP contribution < -0.4 is 0 Å². The summed E-state index contributed by atoms with van der Waals surface area (Å²) in [6.45, 7) is 4.43. The summed E-state index contributed by atoms with van der Waals surface area (Å²) < 4.78 is 41.8. The lowest BCUT2D eigenvalue weighted by atomic mass is 9.72. The summed E-state index contributed by atoms with van der Waals surface area (Å²) in [6.07, 6.45) is -4.02. The molecule has 0 aromatic carbocycles. The van der Waals surface area contributed by atoms with Crippen molar-refractivity contribution >= 4 is 0 Å². The van der Waals surface area contributed by atoms with Crippen molar-refractivity contribution in [3.05, 3.63) is 22.4 Å². The second kappa shape index (κ2) is 7.40. The van der Waals surface area contributed by atoms with Gasteiger partial charge in [0.05, 0.1) is 11.7 Å². The van der Waals surface area contributed by atoms with E-state index in [1.54, 1.807) is 4.90 Å². The Morgan fingerprint density at radius 2 is 1.85 bits per heavy atom. The van der Waals surface area contributed by atoms with E-state index in [9.17, 15) is 29.0 Å². The molecule has 2 aliphatic rings. The molecule has 1 aliphatic carbocycles. The highest BCUT2D eigenvalue weighted by molar-refractivity contribution is 5.57. The van der Waals surface area contributed by atoms with Gasteiger partial charge in [0, 0.05) is 24.4 Å². The molecule has 1 heterocycles. The van der Waals surface area contributed by atoms with Gasteiger partial charge in [-0.15, -0.1) is 13.2 Å². The maximum absolute atomic E-state index is 12.6. The molecule has 1 fully saturated rings. The van der Waals surface area contributed by atoms with Crippen molar-refractivity contribution in [3.63, 3.8) is 0 Å². The van der Waals surface area contributed by atoms with Gasteiger partial charge in [-0.25, -0.2) is 0 Å². The third-order valence-corrected chi connectivity index (χ3v) is 4.59. The quantitative estimate of drug-likeness (QED) is 0.693. The van der Waals surface area contributed by atoms with E-state index in [4.69, 9.17) is 0 Å². The Bertz CT molecular complexity index is 743. The number of likely N-dealkylation sites (tertiary alicyclic amines) is 1. The van der Waals surface area contributed by atoms with Gasteiger partial charge in [0.25, 0.3) is 0 Å². The number of alkyl halides is 3. The van der Waals surface area contributed by atoms with Crippen molar-refractivity contribution in [2.45, 2.75) is 52.0 Å². The van der Waals surface area contributed by atoms with E-state index < -0.39 is 12.5 Å². The molecular formula is C18H19F3N4O. The van der Waals surface area contributed by atoms with Gasteiger partial charge >= 0.3 is 6.36 Å². The van der Waals surface area contributed by atoms with E-state index in [1.807, 2.05) is 26.0 Å². The molecule has 0 saturated carbocycles. The topological polar surface area (TPSA) is 83.8 Å². The summed E-state index contributed by atoms with van der Waals surface area (Å²) in [5.74, 6) is 0. The summed E-state index contributed by atoms with van der Waals surface area (Å²) in [5.41, 5.74) is 0.767. The molecular weight excluding hydrogens is 345 g/mol. The van der Waals surface area contributed by atoms with Crippen LogP contribution in [-0.4, -0.2) is 30.5 Å². The first-order valence-corrected chi connectivity index (χ1v) is 8.26. The van der Waals surface area contributed by atoms with Gasteiger partial charge in [0.1, 0.15) is 23.8 Å². The van der Waals surface area contributed by atoms with Gasteiger partial charge in [0.2, 0.25) is 0 Å². The molecule has 138 valence electrons. The Morgan fingerprint density at radius 3 is 2.38 bits per heavy atom. The molecule has 26 heavy (non-hydrogen) atoms. The van der Waals surface area contributed by atoms with Crippen LogP contribution in [0.2, 0.25) is 0 Å². The lowest BCUT2D eigenvalue weighted by Gasteiger charge is -2.42. The van der Waals surface area contributed by atoms with Crippen LogP contribution in [0.4, 0.5) is 13.2 Å². The Hall–Kier alpha value is -2.50. The van der Waals surface area contributed by atoms with Gasteiger partial charge in [-0.05, 0) is 31.1 Å². The van der Waals surface area contributed by atoms with Gasteiger partial charge < -0.3 is 4.90 Å². The molecule has 0 radical (unpaired) electrons. The Labute approximate surface area is 150 Å². The van der Waals surface area contributed by atoms with Crippen molar-refractivity contribution in [2.75, 3.05) is 13.1 Å². The van der Waals surface area contributed by atoms with E-state index in [2.05, 4.69) is 10.8 Å². The van der Waals surface area contributed by atoms with Crippen molar-refractivity contribution in [3.8, 4) is 18.2 Å². The molecule has 2 rings (SSSR count). The third-order valence-electron chi connectivity index (χ3n) is 4.59. The molecule has 0 amide bonds. The summed E-state index contributed by atoms with van der Waals surface area (Å²) >= 11 is 0. The standard InChI is InChI=1S/C18H19F3N4O/c1-17(2)6-14(12(8-22)9-23)15(10-24)16(7-17)25-5-3-4-13(11-25)26-18(19,20)21/h13H,3-7,11H2,1-2H3. The lowest BCUT2D eigenvalue weighted by Crippen LogP contribution is -2.43. The average Bonchev–Trinajstić information content (AvgIpc) is 2.53. The zero-order valence-corrected chi connectivity index (χ0v) is 14.7.